The van der Waals surface area contributed by atoms with E-state index in [1.807, 2.05) is 18.4 Å². The molecule has 1 heterocycles. The summed E-state index contributed by atoms with van der Waals surface area (Å²) in [4.78, 5) is 12.3. The van der Waals surface area contributed by atoms with Gasteiger partial charge in [-0.3, -0.25) is 4.79 Å². The number of Topliss-reactive ketones (excluding diaryl/α,β-unsaturated/α-hetero) is 1. The van der Waals surface area contributed by atoms with E-state index in [9.17, 15) is 4.79 Å². The van der Waals surface area contributed by atoms with E-state index in [1.54, 1.807) is 11.8 Å². The van der Waals surface area contributed by atoms with Gasteiger partial charge in [0.1, 0.15) is 11.9 Å². The lowest BCUT2D eigenvalue weighted by Gasteiger charge is -2.23. The fourth-order valence-corrected chi connectivity index (χ4v) is 3.02. The van der Waals surface area contributed by atoms with Crippen LogP contribution in [0.15, 0.2) is 12.1 Å². The number of ether oxygens (including phenoxy) is 1. The monoisotopic (exact) mass is 292 g/mol. The molecule has 2 unspecified atom stereocenters. The smallest absolute Gasteiger partial charge is 0.172 e. The second-order valence-electron chi connectivity index (χ2n) is 6.66. The number of thioether (sulfide) groups is 1. The summed E-state index contributed by atoms with van der Waals surface area (Å²) in [5.41, 5.74) is 3.14. The molecule has 0 fully saturated rings. The zero-order valence-electron chi connectivity index (χ0n) is 13.2. The molecule has 0 saturated carbocycles. The molecule has 2 nitrogen and oxygen atoms in total. The molecular weight excluding hydrogens is 268 g/mol. The van der Waals surface area contributed by atoms with Gasteiger partial charge < -0.3 is 4.74 Å². The summed E-state index contributed by atoms with van der Waals surface area (Å²) in [6, 6.07) is 4.07. The van der Waals surface area contributed by atoms with E-state index >= 15 is 0 Å². The van der Waals surface area contributed by atoms with Crippen LogP contribution in [0, 0.1) is 0 Å². The van der Waals surface area contributed by atoms with Crippen LogP contribution < -0.4 is 4.74 Å². The van der Waals surface area contributed by atoms with Gasteiger partial charge in [-0.1, -0.05) is 27.7 Å². The molecular formula is C17H24O2S. The summed E-state index contributed by atoms with van der Waals surface area (Å²) >= 11 is 1.57. The molecule has 20 heavy (non-hydrogen) atoms. The van der Waals surface area contributed by atoms with Crippen molar-refractivity contribution < 1.29 is 9.53 Å². The topological polar surface area (TPSA) is 26.3 Å². The Morgan fingerprint density at radius 2 is 1.95 bits per heavy atom. The molecule has 1 aliphatic rings. The Kier molecular flexibility index (Phi) is 4.19. The first-order valence-electron chi connectivity index (χ1n) is 7.13. The summed E-state index contributed by atoms with van der Waals surface area (Å²) in [6.45, 7) is 10.8. The van der Waals surface area contributed by atoms with E-state index < -0.39 is 0 Å². The Morgan fingerprint density at radius 3 is 2.50 bits per heavy atom. The van der Waals surface area contributed by atoms with Gasteiger partial charge in [0.25, 0.3) is 0 Å². The molecule has 1 aromatic carbocycles. The van der Waals surface area contributed by atoms with Crippen LogP contribution in [-0.4, -0.2) is 23.9 Å². The Hall–Kier alpha value is -0.960. The molecule has 2 atom stereocenters. The second-order valence-corrected chi connectivity index (χ2v) is 7.53. The van der Waals surface area contributed by atoms with Crippen molar-refractivity contribution in [3.63, 3.8) is 0 Å². The highest BCUT2D eigenvalue weighted by Crippen LogP contribution is 2.45. The molecule has 0 radical (unpaired) electrons. The quantitative estimate of drug-likeness (QED) is 0.772. The summed E-state index contributed by atoms with van der Waals surface area (Å²) in [7, 11) is 0. The van der Waals surface area contributed by atoms with Crippen molar-refractivity contribution in [2.24, 2.45) is 0 Å². The standard InChI is InChI=1S/C17H24O2S/c1-10-11(2)19-16-13(10)7-12(15(18)9-20-6)8-14(16)17(3,4)5/h7-8,10-11H,9H2,1-6H3. The molecule has 110 valence electrons. The van der Waals surface area contributed by atoms with Crippen molar-refractivity contribution >= 4 is 17.5 Å². The van der Waals surface area contributed by atoms with E-state index in [0.29, 0.717) is 11.7 Å². The molecule has 2 rings (SSSR count). The fraction of sp³-hybridized carbons (Fsp3) is 0.588. The van der Waals surface area contributed by atoms with Crippen LogP contribution >= 0.6 is 11.8 Å². The van der Waals surface area contributed by atoms with E-state index in [-0.39, 0.29) is 17.3 Å². The predicted molar refractivity (Wildman–Crippen MR) is 86.4 cm³/mol. The van der Waals surface area contributed by atoms with Crippen molar-refractivity contribution in [3.8, 4) is 5.75 Å². The number of hydrogen-bond donors (Lipinski definition) is 0. The summed E-state index contributed by atoms with van der Waals surface area (Å²) in [5, 5.41) is 0. The lowest BCUT2D eigenvalue weighted by Crippen LogP contribution is -2.15. The molecule has 1 aliphatic heterocycles. The van der Waals surface area contributed by atoms with Crippen molar-refractivity contribution in [2.75, 3.05) is 12.0 Å². The van der Waals surface area contributed by atoms with Gasteiger partial charge in [0.2, 0.25) is 0 Å². The van der Waals surface area contributed by atoms with E-state index in [4.69, 9.17) is 4.74 Å². The molecule has 3 heteroatoms. The third kappa shape index (κ3) is 2.73. The number of hydrogen-bond acceptors (Lipinski definition) is 3. The van der Waals surface area contributed by atoms with Crippen LogP contribution in [0.3, 0.4) is 0 Å². The first-order chi connectivity index (χ1) is 9.25. The molecule has 0 spiro atoms. The normalized spacial score (nSPS) is 21.5. The number of carbonyl (C=O) groups excluding carboxylic acids is 1. The van der Waals surface area contributed by atoms with E-state index in [0.717, 1.165) is 16.9 Å². The Bertz CT molecular complexity index is 529. The van der Waals surface area contributed by atoms with Crippen molar-refractivity contribution in [1.29, 1.82) is 0 Å². The zero-order chi connectivity index (χ0) is 15.1. The van der Waals surface area contributed by atoms with Crippen molar-refractivity contribution in [2.45, 2.75) is 52.1 Å². The van der Waals surface area contributed by atoms with Crippen molar-refractivity contribution in [1.82, 2.24) is 0 Å². The minimum atomic E-state index is -0.0243. The van der Waals surface area contributed by atoms with Crippen LogP contribution in [0.5, 0.6) is 5.75 Å². The zero-order valence-corrected chi connectivity index (χ0v) is 14.1. The third-order valence-corrected chi connectivity index (χ3v) is 4.57. The maximum atomic E-state index is 12.3. The average Bonchev–Trinajstić information content (AvgIpc) is 2.63. The summed E-state index contributed by atoms with van der Waals surface area (Å²) in [5.74, 6) is 2.08. The predicted octanol–water partition coefficient (Wildman–Crippen LogP) is 4.41. The molecule has 0 bridgehead atoms. The number of carbonyl (C=O) groups is 1. The van der Waals surface area contributed by atoms with Gasteiger partial charge in [-0.05, 0) is 30.7 Å². The highest BCUT2D eigenvalue weighted by Gasteiger charge is 2.34. The van der Waals surface area contributed by atoms with E-state index in [1.165, 1.54) is 5.56 Å². The Balaban J connectivity index is 2.58. The third-order valence-electron chi connectivity index (χ3n) is 4.02. The first kappa shape index (κ1) is 15.4. The van der Waals surface area contributed by atoms with E-state index in [2.05, 4.69) is 34.6 Å². The molecule has 0 aromatic heterocycles. The molecule has 1 aromatic rings. The average molecular weight is 292 g/mol. The molecule has 0 saturated heterocycles. The van der Waals surface area contributed by atoms with Crippen LogP contribution in [0.4, 0.5) is 0 Å². The Morgan fingerprint density at radius 1 is 1.30 bits per heavy atom. The summed E-state index contributed by atoms with van der Waals surface area (Å²) in [6.07, 6.45) is 2.14. The number of fused-ring (bicyclic) bond motifs is 1. The summed E-state index contributed by atoms with van der Waals surface area (Å²) < 4.78 is 6.05. The lowest BCUT2D eigenvalue weighted by molar-refractivity contribution is 0.102. The highest BCUT2D eigenvalue weighted by molar-refractivity contribution is 7.99. The van der Waals surface area contributed by atoms with Gasteiger partial charge in [0, 0.05) is 22.6 Å². The Labute approximate surface area is 126 Å². The van der Waals surface area contributed by atoms with Crippen LogP contribution in [0.2, 0.25) is 0 Å². The molecule has 0 amide bonds. The maximum Gasteiger partial charge on any atom is 0.172 e. The molecule has 0 aliphatic carbocycles. The van der Waals surface area contributed by atoms with Crippen LogP contribution in [0.1, 0.15) is 62.0 Å². The second kappa shape index (κ2) is 5.44. The minimum absolute atomic E-state index is 0.0243. The van der Waals surface area contributed by atoms with Gasteiger partial charge in [-0.2, -0.15) is 11.8 Å². The van der Waals surface area contributed by atoms with Gasteiger partial charge in [-0.15, -0.1) is 0 Å². The van der Waals surface area contributed by atoms with Crippen LogP contribution in [-0.2, 0) is 5.41 Å². The maximum absolute atomic E-state index is 12.3. The van der Waals surface area contributed by atoms with Crippen molar-refractivity contribution in [3.05, 3.63) is 28.8 Å². The first-order valence-corrected chi connectivity index (χ1v) is 8.52. The lowest BCUT2D eigenvalue weighted by atomic mass is 9.82. The number of benzene rings is 1. The van der Waals surface area contributed by atoms with Gasteiger partial charge in [0.15, 0.2) is 5.78 Å². The highest BCUT2D eigenvalue weighted by atomic mass is 32.2. The number of ketones is 1. The van der Waals surface area contributed by atoms with Gasteiger partial charge in [-0.25, -0.2) is 0 Å². The largest absolute Gasteiger partial charge is 0.489 e. The SMILES string of the molecule is CSCC(=O)c1cc2c(c(C(C)(C)C)c1)OC(C)C2C. The van der Waals surface area contributed by atoms with Crippen LogP contribution in [0.25, 0.3) is 0 Å². The van der Waals surface area contributed by atoms with Gasteiger partial charge in [0.05, 0.1) is 5.75 Å². The molecule has 0 N–H and O–H groups in total. The fourth-order valence-electron chi connectivity index (χ4n) is 2.59. The number of rotatable bonds is 3. The minimum Gasteiger partial charge on any atom is -0.489 e. The van der Waals surface area contributed by atoms with Gasteiger partial charge >= 0.3 is 0 Å².